The lowest BCUT2D eigenvalue weighted by molar-refractivity contribution is 0.112. The summed E-state index contributed by atoms with van der Waals surface area (Å²) in [5.41, 5.74) is 0.624. The monoisotopic (exact) mass is 270 g/mol. The van der Waals surface area contributed by atoms with Gasteiger partial charge in [0.15, 0.2) is 6.29 Å². The molecule has 82 valence electrons. The standard InChI is InChI=1S/C12H15BrO2/c1-3-10(4-2)15-11-5-6-12(13)9(7-11)8-14/h5-8,10H,3-4H2,1-2H3. The number of carbonyl (C=O) groups excluding carboxylic acids is 1. The molecule has 0 aromatic heterocycles. The van der Waals surface area contributed by atoms with Crippen molar-refractivity contribution in [2.45, 2.75) is 32.8 Å². The zero-order valence-corrected chi connectivity index (χ0v) is 10.6. The average molecular weight is 271 g/mol. The summed E-state index contributed by atoms with van der Waals surface area (Å²) >= 11 is 3.30. The molecule has 0 spiro atoms. The normalized spacial score (nSPS) is 10.4. The molecule has 0 saturated heterocycles. The highest BCUT2D eigenvalue weighted by molar-refractivity contribution is 9.10. The topological polar surface area (TPSA) is 26.3 Å². The van der Waals surface area contributed by atoms with E-state index in [2.05, 4.69) is 29.8 Å². The van der Waals surface area contributed by atoms with E-state index in [0.29, 0.717) is 5.56 Å². The minimum Gasteiger partial charge on any atom is -0.490 e. The number of carbonyl (C=O) groups is 1. The first-order valence-corrected chi connectivity index (χ1v) is 5.91. The summed E-state index contributed by atoms with van der Waals surface area (Å²) in [7, 11) is 0. The van der Waals surface area contributed by atoms with E-state index in [1.165, 1.54) is 0 Å². The molecule has 0 aliphatic rings. The van der Waals surface area contributed by atoms with Gasteiger partial charge in [-0.25, -0.2) is 0 Å². The summed E-state index contributed by atoms with van der Waals surface area (Å²) in [6.07, 6.45) is 3.00. The SMILES string of the molecule is CCC(CC)Oc1ccc(Br)c(C=O)c1. The van der Waals surface area contributed by atoms with Crippen molar-refractivity contribution >= 4 is 22.2 Å². The quantitative estimate of drug-likeness (QED) is 0.761. The lowest BCUT2D eigenvalue weighted by Gasteiger charge is -2.15. The van der Waals surface area contributed by atoms with Gasteiger partial charge in [0.25, 0.3) is 0 Å². The van der Waals surface area contributed by atoms with Gasteiger partial charge in [-0.1, -0.05) is 29.8 Å². The van der Waals surface area contributed by atoms with Crippen molar-refractivity contribution in [1.29, 1.82) is 0 Å². The van der Waals surface area contributed by atoms with Crippen LogP contribution in [0.1, 0.15) is 37.0 Å². The fraction of sp³-hybridized carbons (Fsp3) is 0.417. The van der Waals surface area contributed by atoms with Crippen molar-refractivity contribution in [3.05, 3.63) is 28.2 Å². The van der Waals surface area contributed by atoms with Crippen LogP contribution in [0.3, 0.4) is 0 Å². The Balaban J connectivity index is 2.82. The third kappa shape index (κ3) is 3.34. The van der Waals surface area contributed by atoms with Crippen LogP contribution in [-0.2, 0) is 0 Å². The molecule has 0 atom stereocenters. The van der Waals surface area contributed by atoms with Crippen LogP contribution in [0.15, 0.2) is 22.7 Å². The summed E-state index contributed by atoms with van der Waals surface area (Å²) in [4.78, 5) is 10.7. The van der Waals surface area contributed by atoms with Gasteiger partial charge >= 0.3 is 0 Å². The fourth-order valence-corrected chi connectivity index (χ4v) is 1.67. The van der Waals surface area contributed by atoms with E-state index in [1.807, 2.05) is 12.1 Å². The van der Waals surface area contributed by atoms with Gasteiger partial charge in [0.1, 0.15) is 5.75 Å². The third-order valence-electron chi connectivity index (χ3n) is 2.31. The largest absolute Gasteiger partial charge is 0.490 e. The summed E-state index contributed by atoms with van der Waals surface area (Å²) in [6.45, 7) is 4.18. The summed E-state index contributed by atoms with van der Waals surface area (Å²) < 4.78 is 6.53. The predicted octanol–water partition coefficient (Wildman–Crippen LogP) is 3.83. The molecular weight excluding hydrogens is 256 g/mol. The summed E-state index contributed by atoms with van der Waals surface area (Å²) in [5.74, 6) is 0.758. The molecule has 1 aromatic carbocycles. The first kappa shape index (κ1) is 12.2. The van der Waals surface area contributed by atoms with Crippen molar-refractivity contribution in [3.63, 3.8) is 0 Å². The predicted molar refractivity (Wildman–Crippen MR) is 64.5 cm³/mol. The Morgan fingerprint density at radius 2 is 2.07 bits per heavy atom. The summed E-state index contributed by atoms with van der Waals surface area (Å²) in [6, 6.07) is 5.46. The van der Waals surface area contributed by atoms with Gasteiger partial charge < -0.3 is 4.74 Å². The second-order valence-corrected chi connectivity index (χ2v) is 4.21. The second-order valence-electron chi connectivity index (χ2n) is 3.36. The van der Waals surface area contributed by atoms with Crippen molar-refractivity contribution < 1.29 is 9.53 Å². The van der Waals surface area contributed by atoms with Crippen molar-refractivity contribution in [2.75, 3.05) is 0 Å². The highest BCUT2D eigenvalue weighted by Gasteiger charge is 2.06. The highest BCUT2D eigenvalue weighted by atomic mass is 79.9. The van der Waals surface area contributed by atoms with E-state index in [-0.39, 0.29) is 6.10 Å². The van der Waals surface area contributed by atoms with Crippen LogP contribution in [-0.4, -0.2) is 12.4 Å². The van der Waals surface area contributed by atoms with Gasteiger partial charge in [-0.15, -0.1) is 0 Å². The number of hydrogen-bond acceptors (Lipinski definition) is 2. The maximum atomic E-state index is 10.7. The molecule has 0 N–H and O–H groups in total. The van der Waals surface area contributed by atoms with E-state index >= 15 is 0 Å². The molecule has 3 heteroatoms. The molecule has 0 unspecified atom stereocenters. The molecular formula is C12H15BrO2. The van der Waals surface area contributed by atoms with E-state index in [1.54, 1.807) is 6.07 Å². The Hall–Kier alpha value is -0.830. The third-order valence-corrected chi connectivity index (χ3v) is 3.03. The lowest BCUT2D eigenvalue weighted by Crippen LogP contribution is -2.13. The molecule has 1 aromatic rings. The number of aldehydes is 1. The van der Waals surface area contributed by atoms with Gasteiger partial charge in [0, 0.05) is 10.0 Å². The first-order chi connectivity index (χ1) is 7.21. The number of rotatable bonds is 5. The Bertz CT molecular complexity index is 332. The van der Waals surface area contributed by atoms with Crippen LogP contribution in [0.4, 0.5) is 0 Å². The van der Waals surface area contributed by atoms with Crippen LogP contribution in [0.2, 0.25) is 0 Å². The molecule has 0 bridgehead atoms. The van der Waals surface area contributed by atoms with Gasteiger partial charge in [0.2, 0.25) is 0 Å². The van der Waals surface area contributed by atoms with Crippen molar-refractivity contribution in [1.82, 2.24) is 0 Å². The number of halogens is 1. The second kappa shape index (κ2) is 5.91. The Morgan fingerprint density at radius 1 is 1.40 bits per heavy atom. The lowest BCUT2D eigenvalue weighted by atomic mass is 10.2. The maximum Gasteiger partial charge on any atom is 0.151 e. The molecule has 0 aliphatic heterocycles. The zero-order valence-electron chi connectivity index (χ0n) is 9.00. The number of ether oxygens (including phenoxy) is 1. The van der Waals surface area contributed by atoms with Gasteiger partial charge in [-0.05, 0) is 31.0 Å². The smallest absolute Gasteiger partial charge is 0.151 e. The zero-order chi connectivity index (χ0) is 11.3. The van der Waals surface area contributed by atoms with E-state index in [0.717, 1.165) is 29.4 Å². The van der Waals surface area contributed by atoms with Crippen LogP contribution in [0.25, 0.3) is 0 Å². The Labute approximate surface area is 98.8 Å². The van der Waals surface area contributed by atoms with E-state index in [4.69, 9.17) is 4.74 Å². The van der Waals surface area contributed by atoms with E-state index in [9.17, 15) is 4.79 Å². The fourth-order valence-electron chi connectivity index (χ4n) is 1.33. The molecule has 0 amide bonds. The molecule has 0 fully saturated rings. The average Bonchev–Trinajstić information content (AvgIpc) is 2.28. The van der Waals surface area contributed by atoms with Gasteiger partial charge in [-0.2, -0.15) is 0 Å². The molecule has 0 radical (unpaired) electrons. The maximum absolute atomic E-state index is 10.7. The Kier molecular flexibility index (Phi) is 4.82. The van der Waals surface area contributed by atoms with Crippen LogP contribution in [0, 0.1) is 0 Å². The minimum absolute atomic E-state index is 0.227. The Morgan fingerprint density at radius 3 is 2.60 bits per heavy atom. The molecule has 2 nitrogen and oxygen atoms in total. The molecule has 0 heterocycles. The minimum atomic E-state index is 0.227. The van der Waals surface area contributed by atoms with Crippen LogP contribution < -0.4 is 4.74 Å². The van der Waals surface area contributed by atoms with Crippen LogP contribution >= 0.6 is 15.9 Å². The number of benzene rings is 1. The number of hydrogen-bond donors (Lipinski definition) is 0. The first-order valence-electron chi connectivity index (χ1n) is 5.12. The molecule has 0 saturated carbocycles. The van der Waals surface area contributed by atoms with Gasteiger partial charge in [-0.3, -0.25) is 4.79 Å². The van der Waals surface area contributed by atoms with Crippen molar-refractivity contribution in [2.24, 2.45) is 0 Å². The van der Waals surface area contributed by atoms with E-state index < -0.39 is 0 Å². The molecule has 15 heavy (non-hydrogen) atoms. The molecule has 1 rings (SSSR count). The van der Waals surface area contributed by atoms with Gasteiger partial charge in [0.05, 0.1) is 6.10 Å². The molecule has 0 aliphatic carbocycles. The highest BCUT2D eigenvalue weighted by Crippen LogP contribution is 2.22. The summed E-state index contributed by atoms with van der Waals surface area (Å²) in [5, 5.41) is 0. The van der Waals surface area contributed by atoms with Crippen molar-refractivity contribution in [3.8, 4) is 5.75 Å². The van der Waals surface area contributed by atoms with Crippen LogP contribution in [0.5, 0.6) is 5.75 Å².